The zero-order valence-electron chi connectivity index (χ0n) is 16.8. The van der Waals surface area contributed by atoms with Crippen molar-refractivity contribution in [3.05, 3.63) is 90.0 Å². The Kier molecular flexibility index (Phi) is 7.19. The van der Waals surface area contributed by atoms with Gasteiger partial charge in [0.25, 0.3) is 0 Å². The Labute approximate surface area is 176 Å². The third-order valence-corrected chi connectivity index (χ3v) is 5.68. The van der Waals surface area contributed by atoms with Crippen molar-refractivity contribution in [3.63, 3.8) is 0 Å². The minimum Gasteiger partial charge on any atom is -0.493 e. The van der Waals surface area contributed by atoms with E-state index in [2.05, 4.69) is 5.32 Å². The van der Waals surface area contributed by atoms with Crippen LogP contribution in [0.3, 0.4) is 0 Å². The monoisotopic (exact) mass is 407 g/mol. The Morgan fingerprint density at radius 3 is 1.90 bits per heavy atom. The lowest BCUT2D eigenvalue weighted by atomic mass is 9.98. The maximum Gasteiger partial charge on any atom is 0.233 e. The Hall–Kier alpha value is -2.92. The molecular formula is C24H25NO3S. The van der Waals surface area contributed by atoms with Crippen molar-refractivity contribution < 1.29 is 14.3 Å². The minimum atomic E-state index is -0.275. The molecule has 0 aromatic heterocycles. The van der Waals surface area contributed by atoms with E-state index >= 15 is 0 Å². The summed E-state index contributed by atoms with van der Waals surface area (Å²) in [6.45, 7) is 1.91. The highest BCUT2D eigenvalue weighted by Gasteiger charge is 2.21. The van der Waals surface area contributed by atoms with E-state index in [4.69, 9.17) is 9.47 Å². The molecule has 1 N–H and O–H groups in total. The number of rotatable bonds is 8. The molecule has 0 aliphatic rings. The van der Waals surface area contributed by atoms with Gasteiger partial charge in [0.15, 0.2) is 11.5 Å². The smallest absolute Gasteiger partial charge is 0.233 e. The number of hydrogen-bond acceptors (Lipinski definition) is 4. The summed E-state index contributed by atoms with van der Waals surface area (Å²) in [5, 5.41) is 2.93. The van der Waals surface area contributed by atoms with Gasteiger partial charge in [-0.3, -0.25) is 4.79 Å². The minimum absolute atomic E-state index is 0.0255. The van der Waals surface area contributed by atoms with Gasteiger partial charge >= 0.3 is 0 Å². The van der Waals surface area contributed by atoms with E-state index < -0.39 is 0 Å². The van der Waals surface area contributed by atoms with Gasteiger partial charge in [0.2, 0.25) is 5.91 Å². The molecule has 1 amide bonds. The lowest BCUT2D eigenvalue weighted by Gasteiger charge is -2.22. The molecule has 1 atom stereocenters. The first-order valence-corrected chi connectivity index (χ1v) is 10.3. The topological polar surface area (TPSA) is 47.6 Å². The van der Waals surface area contributed by atoms with E-state index in [0.29, 0.717) is 11.5 Å². The largest absolute Gasteiger partial charge is 0.493 e. The summed E-state index contributed by atoms with van der Waals surface area (Å²) in [5.41, 5.74) is 2.10. The molecule has 0 spiro atoms. The van der Waals surface area contributed by atoms with Crippen LogP contribution < -0.4 is 14.8 Å². The molecule has 0 aliphatic heterocycles. The molecule has 4 nitrogen and oxygen atoms in total. The fourth-order valence-corrected chi connectivity index (χ4v) is 3.96. The highest BCUT2D eigenvalue weighted by molar-refractivity contribution is 8.00. The van der Waals surface area contributed by atoms with Gasteiger partial charge < -0.3 is 14.8 Å². The van der Waals surface area contributed by atoms with Crippen molar-refractivity contribution in [2.75, 3.05) is 14.2 Å². The number of thioether (sulfide) groups is 1. The van der Waals surface area contributed by atoms with Crippen LogP contribution in [0.5, 0.6) is 11.5 Å². The van der Waals surface area contributed by atoms with Gasteiger partial charge in [0, 0.05) is 4.90 Å². The van der Waals surface area contributed by atoms with Crippen LogP contribution in [0.25, 0.3) is 0 Å². The van der Waals surface area contributed by atoms with Crippen molar-refractivity contribution in [1.82, 2.24) is 5.32 Å². The van der Waals surface area contributed by atoms with Crippen molar-refractivity contribution >= 4 is 17.7 Å². The Bertz CT molecular complexity index is 892. The average molecular weight is 408 g/mol. The fourth-order valence-electron chi connectivity index (χ4n) is 3.06. The summed E-state index contributed by atoms with van der Waals surface area (Å²) >= 11 is 1.49. The first-order valence-electron chi connectivity index (χ1n) is 9.41. The molecule has 0 saturated carbocycles. The van der Waals surface area contributed by atoms with Crippen LogP contribution in [0.1, 0.15) is 24.1 Å². The zero-order valence-corrected chi connectivity index (χ0v) is 17.6. The SMILES string of the molecule is COc1ccc(S[C@H](C)C(=O)NC(c2ccccc2)c2ccccc2)cc1OC. The number of hydrogen-bond donors (Lipinski definition) is 1. The van der Waals surface area contributed by atoms with Crippen LogP contribution in [0.4, 0.5) is 0 Å². The predicted octanol–water partition coefficient (Wildman–Crippen LogP) is 5.09. The summed E-state index contributed by atoms with van der Waals surface area (Å²) in [5.74, 6) is 1.29. The molecule has 0 saturated heterocycles. The number of carbonyl (C=O) groups excluding carboxylic acids is 1. The van der Waals surface area contributed by atoms with Gasteiger partial charge in [-0.1, -0.05) is 60.7 Å². The second kappa shape index (κ2) is 10.0. The van der Waals surface area contributed by atoms with E-state index in [1.54, 1.807) is 14.2 Å². The van der Waals surface area contributed by atoms with Gasteiger partial charge in [-0.05, 0) is 36.2 Å². The van der Waals surface area contributed by atoms with Crippen LogP contribution in [0, 0.1) is 0 Å². The van der Waals surface area contributed by atoms with Gasteiger partial charge in [0.1, 0.15) is 0 Å². The molecular weight excluding hydrogens is 382 g/mol. The molecule has 3 aromatic carbocycles. The highest BCUT2D eigenvalue weighted by atomic mass is 32.2. The van der Waals surface area contributed by atoms with Crippen LogP contribution in [0.2, 0.25) is 0 Å². The van der Waals surface area contributed by atoms with Crippen LogP contribution in [-0.2, 0) is 4.79 Å². The first kappa shape index (κ1) is 20.8. The Morgan fingerprint density at radius 2 is 1.38 bits per heavy atom. The standard InChI is InChI=1S/C24H25NO3S/c1-17(29-20-14-15-21(27-2)22(16-20)28-3)24(26)25-23(18-10-6-4-7-11-18)19-12-8-5-9-13-19/h4-17,23H,1-3H3,(H,25,26)/t17-/m1/s1. The van der Waals surface area contributed by atoms with E-state index in [0.717, 1.165) is 16.0 Å². The second-order valence-electron chi connectivity index (χ2n) is 6.54. The Balaban J connectivity index is 1.76. The maximum absolute atomic E-state index is 13.0. The summed E-state index contributed by atoms with van der Waals surface area (Å²) in [6, 6.07) is 25.5. The maximum atomic E-state index is 13.0. The number of carbonyl (C=O) groups is 1. The van der Waals surface area contributed by atoms with Gasteiger partial charge in [-0.15, -0.1) is 11.8 Å². The lowest BCUT2D eigenvalue weighted by Crippen LogP contribution is -2.34. The molecule has 29 heavy (non-hydrogen) atoms. The van der Waals surface area contributed by atoms with Crippen LogP contribution in [0.15, 0.2) is 83.8 Å². The van der Waals surface area contributed by atoms with Crippen molar-refractivity contribution in [1.29, 1.82) is 0 Å². The molecule has 3 aromatic rings. The molecule has 0 bridgehead atoms. The van der Waals surface area contributed by atoms with Crippen molar-refractivity contribution in [3.8, 4) is 11.5 Å². The third-order valence-electron chi connectivity index (χ3n) is 4.59. The summed E-state index contributed by atoms with van der Waals surface area (Å²) in [6.07, 6.45) is 0. The van der Waals surface area contributed by atoms with Crippen molar-refractivity contribution in [2.24, 2.45) is 0 Å². The number of ether oxygens (including phenoxy) is 2. The number of nitrogens with one attached hydrogen (secondary N) is 1. The summed E-state index contributed by atoms with van der Waals surface area (Å²) in [7, 11) is 3.21. The average Bonchev–Trinajstić information content (AvgIpc) is 2.78. The van der Waals surface area contributed by atoms with Gasteiger partial charge in [0.05, 0.1) is 25.5 Å². The van der Waals surface area contributed by atoms with E-state index in [-0.39, 0.29) is 17.2 Å². The van der Waals surface area contributed by atoms with Gasteiger partial charge in [-0.2, -0.15) is 0 Å². The number of benzene rings is 3. The molecule has 5 heteroatoms. The first-order chi connectivity index (χ1) is 14.1. The molecule has 150 valence electrons. The lowest BCUT2D eigenvalue weighted by molar-refractivity contribution is -0.120. The fraction of sp³-hybridized carbons (Fsp3) is 0.208. The predicted molar refractivity (Wildman–Crippen MR) is 118 cm³/mol. The molecule has 3 rings (SSSR count). The Morgan fingerprint density at radius 1 is 0.828 bits per heavy atom. The van der Waals surface area contributed by atoms with E-state index in [1.807, 2.05) is 85.8 Å². The molecule has 0 heterocycles. The number of methoxy groups -OCH3 is 2. The summed E-state index contributed by atoms with van der Waals surface area (Å²) < 4.78 is 10.6. The molecule has 0 fully saturated rings. The second-order valence-corrected chi connectivity index (χ2v) is 7.95. The quantitative estimate of drug-likeness (QED) is 0.529. The van der Waals surface area contributed by atoms with Crippen LogP contribution >= 0.6 is 11.8 Å². The number of amides is 1. The zero-order chi connectivity index (χ0) is 20.6. The normalized spacial score (nSPS) is 11.7. The molecule has 0 unspecified atom stereocenters. The van der Waals surface area contributed by atoms with E-state index in [9.17, 15) is 4.79 Å². The summed E-state index contributed by atoms with van der Waals surface area (Å²) in [4.78, 5) is 13.9. The highest BCUT2D eigenvalue weighted by Crippen LogP contribution is 2.34. The van der Waals surface area contributed by atoms with Gasteiger partial charge in [-0.25, -0.2) is 0 Å². The third kappa shape index (κ3) is 5.33. The van der Waals surface area contributed by atoms with Crippen molar-refractivity contribution in [2.45, 2.75) is 23.1 Å². The van der Waals surface area contributed by atoms with E-state index in [1.165, 1.54) is 11.8 Å². The molecule has 0 radical (unpaired) electrons. The van der Waals surface area contributed by atoms with Crippen LogP contribution in [-0.4, -0.2) is 25.4 Å². The molecule has 0 aliphatic carbocycles.